The molecule has 4 heteroatoms. The molecule has 0 aliphatic heterocycles. The zero-order valence-corrected chi connectivity index (χ0v) is 12.1. The number of ether oxygens (including phenoxy) is 1. The summed E-state index contributed by atoms with van der Waals surface area (Å²) in [5.41, 5.74) is 0.731. The molecule has 3 nitrogen and oxygen atoms in total. The first kappa shape index (κ1) is 15.0. The number of furan rings is 1. The Kier molecular flexibility index (Phi) is 5.56. The lowest BCUT2D eigenvalue weighted by Crippen LogP contribution is -2.20. The van der Waals surface area contributed by atoms with Crippen LogP contribution in [-0.2, 0) is 4.74 Å². The van der Waals surface area contributed by atoms with Crippen LogP contribution in [-0.4, -0.2) is 19.8 Å². The maximum Gasteiger partial charge on any atom is 0.134 e. The van der Waals surface area contributed by atoms with E-state index in [1.807, 2.05) is 13.0 Å². The number of benzene rings is 1. The SMILES string of the molecule is CCNC(CCCOCC)c1cc2cc(F)ccc2o1. The van der Waals surface area contributed by atoms with Crippen molar-refractivity contribution in [3.05, 3.63) is 35.8 Å². The third-order valence-corrected chi connectivity index (χ3v) is 3.28. The minimum Gasteiger partial charge on any atom is -0.459 e. The highest BCUT2D eigenvalue weighted by molar-refractivity contribution is 5.78. The van der Waals surface area contributed by atoms with Gasteiger partial charge in [0, 0.05) is 18.6 Å². The van der Waals surface area contributed by atoms with Crippen LogP contribution in [0.1, 0.15) is 38.5 Å². The summed E-state index contributed by atoms with van der Waals surface area (Å²) in [6, 6.07) is 6.68. The Labute approximate surface area is 119 Å². The number of fused-ring (bicyclic) bond motifs is 1. The molecule has 2 rings (SSSR count). The molecule has 1 atom stereocenters. The number of hydrogen-bond acceptors (Lipinski definition) is 3. The standard InChI is InChI=1S/C16H22FNO2/c1-3-18-14(6-5-9-19-4-2)16-11-12-10-13(17)7-8-15(12)20-16/h7-8,10-11,14,18H,3-6,9H2,1-2H3. The smallest absolute Gasteiger partial charge is 0.134 e. The molecule has 0 bridgehead atoms. The maximum absolute atomic E-state index is 13.2. The van der Waals surface area contributed by atoms with Crippen molar-refractivity contribution in [3.63, 3.8) is 0 Å². The summed E-state index contributed by atoms with van der Waals surface area (Å²) in [5, 5.41) is 4.22. The van der Waals surface area contributed by atoms with E-state index in [2.05, 4.69) is 12.2 Å². The summed E-state index contributed by atoms with van der Waals surface area (Å²) in [6.45, 7) is 6.43. The molecule has 0 radical (unpaired) electrons. The molecule has 0 aliphatic carbocycles. The van der Waals surface area contributed by atoms with Crippen LogP contribution in [0.4, 0.5) is 4.39 Å². The molecular weight excluding hydrogens is 257 g/mol. The van der Waals surface area contributed by atoms with E-state index in [0.717, 1.165) is 49.3 Å². The second-order valence-electron chi connectivity index (χ2n) is 4.78. The Bertz CT molecular complexity index is 538. The summed E-state index contributed by atoms with van der Waals surface area (Å²) in [4.78, 5) is 0. The first-order chi connectivity index (χ1) is 9.74. The maximum atomic E-state index is 13.2. The van der Waals surface area contributed by atoms with Crippen molar-refractivity contribution in [2.75, 3.05) is 19.8 Å². The summed E-state index contributed by atoms with van der Waals surface area (Å²) in [7, 11) is 0. The van der Waals surface area contributed by atoms with Crippen molar-refractivity contribution in [1.82, 2.24) is 5.32 Å². The molecule has 1 aromatic carbocycles. The quantitative estimate of drug-likeness (QED) is 0.741. The Morgan fingerprint density at radius 3 is 2.90 bits per heavy atom. The monoisotopic (exact) mass is 279 g/mol. The fraction of sp³-hybridized carbons (Fsp3) is 0.500. The lowest BCUT2D eigenvalue weighted by atomic mass is 10.1. The van der Waals surface area contributed by atoms with Crippen LogP contribution in [0.5, 0.6) is 0 Å². The molecule has 110 valence electrons. The van der Waals surface area contributed by atoms with Crippen LogP contribution in [0, 0.1) is 5.82 Å². The van der Waals surface area contributed by atoms with Crippen LogP contribution in [0.15, 0.2) is 28.7 Å². The molecular formula is C16H22FNO2. The highest BCUT2D eigenvalue weighted by atomic mass is 19.1. The fourth-order valence-corrected chi connectivity index (χ4v) is 2.33. The molecule has 20 heavy (non-hydrogen) atoms. The highest BCUT2D eigenvalue weighted by Gasteiger charge is 2.15. The van der Waals surface area contributed by atoms with Gasteiger partial charge in [-0.1, -0.05) is 6.92 Å². The Morgan fingerprint density at radius 1 is 1.30 bits per heavy atom. The number of rotatable bonds is 8. The number of nitrogens with one attached hydrogen (secondary N) is 1. The van der Waals surface area contributed by atoms with Gasteiger partial charge >= 0.3 is 0 Å². The van der Waals surface area contributed by atoms with Crippen molar-refractivity contribution in [1.29, 1.82) is 0 Å². The van der Waals surface area contributed by atoms with Gasteiger partial charge in [0.1, 0.15) is 17.2 Å². The summed E-state index contributed by atoms with van der Waals surface area (Å²) >= 11 is 0. The zero-order valence-electron chi connectivity index (χ0n) is 12.1. The summed E-state index contributed by atoms with van der Waals surface area (Å²) in [5.74, 6) is 0.630. The Hall–Kier alpha value is -1.39. The van der Waals surface area contributed by atoms with Crippen molar-refractivity contribution < 1.29 is 13.5 Å². The molecule has 0 aliphatic rings. The fourth-order valence-electron chi connectivity index (χ4n) is 2.33. The van der Waals surface area contributed by atoms with Gasteiger partial charge in [-0.25, -0.2) is 4.39 Å². The van der Waals surface area contributed by atoms with E-state index in [9.17, 15) is 4.39 Å². The molecule has 0 fully saturated rings. The summed E-state index contributed by atoms with van der Waals surface area (Å²) in [6.07, 6.45) is 1.91. The van der Waals surface area contributed by atoms with Crippen LogP contribution in [0.25, 0.3) is 11.0 Å². The van der Waals surface area contributed by atoms with Gasteiger partial charge in [0.15, 0.2) is 0 Å². The van der Waals surface area contributed by atoms with E-state index in [1.165, 1.54) is 12.1 Å². The molecule has 0 amide bonds. The number of hydrogen-bond donors (Lipinski definition) is 1. The summed E-state index contributed by atoms with van der Waals surface area (Å²) < 4.78 is 24.4. The van der Waals surface area contributed by atoms with Gasteiger partial charge in [-0.2, -0.15) is 0 Å². The highest BCUT2D eigenvalue weighted by Crippen LogP contribution is 2.27. The van der Waals surface area contributed by atoms with E-state index in [0.29, 0.717) is 0 Å². The normalized spacial score (nSPS) is 12.9. The van der Waals surface area contributed by atoms with Gasteiger partial charge in [-0.05, 0) is 50.6 Å². The van der Waals surface area contributed by atoms with E-state index in [-0.39, 0.29) is 11.9 Å². The zero-order chi connectivity index (χ0) is 14.4. The second kappa shape index (κ2) is 7.41. The molecule has 1 unspecified atom stereocenters. The Balaban J connectivity index is 2.09. The second-order valence-corrected chi connectivity index (χ2v) is 4.78. The third kappa shape index (κ3) is 3.81. The van der Waals surface area contributed by atoms with Crippen molar-refractivity contribution >= 4 is 11.0 Å². The number of halogens is 1. The molecule has 1 heterocycles. The predicted octanol–water partition coefficient (Wildman–Crippen LogP) is 4.04. The third-order valence-electron chi connectivity index (χ3n) is 3.28. The lowest BCUT2D eigenvalue weighted by Gasteiger charge is -2.15. The first-order valence-corrected chi connectivity index (χ1v) is 7.24. The van der Waals surface area contributed by atoms with Crippen molar-refractivity contribution in [3.8, 4) is 0 Å². The lowest BCUT2D eigenvalue weighted by molar-refractivity contribution is 0.140. The van der Waals surface area contributed by atoms with Crippen LogP contribution < -0.4 is 5.32 Å². The molecule has 2 aromatic rings. The molecule has 0 saturated heterocycles. The van der Waals surface area contributed by atoms with E-state index < -0.39 is 0 Å². The molecule has 0 saturated carbocycles. The van der Waals surface area contributed by atoms with Gasteiger partial charge in [0.05, 0.1) is 6.04 Å². The molecule has 1 N–H and O–H groups in total. The minimum atomic E-state index is -0.235. The van der Waals surface area contributed by atoms with Gasteiger partial charge in [0.25, 0.3) is 0 Å². The average Bonchev–Trinajstić information content (AvgIpc) is 2.85. The van der Waals surface area contributed by atoms with Gasteiger partial charge in [0.2, 0.25) is 0 Å². The minimum absolute atomic E-state index is 0.149. The predicted molar refractivity (Wildman–Crippen MR) is 78.3 cm³/mol. The van der Waals surface area contributed by atoms with Crippen molar-refractivity contribution in [2.45, 2.75) is 32.7 Å². The van der Waals surface area contributed by atoms with Gasteiger partial charge in [-0.15, -0.1) is 0 Å². The topological polar surface area (TPSA) is 34.4 Å². The molecule has 1 aromatic heterocycles. The van der Waals surface area contributed by atoms with Crippen LogP contribution in [0.2, 0.25) is 0 Å². The van der Waals surface area contributed by atoms with E-state index in [4.69, 9.17) is 9.15 Å². The largest absolute Gasteiger partial charge is 0.459 e. The van der Waals surface area contributed by atoms with E-state index in [1.54, 1.807) is 6.07 Å². The van der Waals surface area contributed by atoms with Gasteiger partial charge in [-0.3, -0.25) is 0 Å². The molecule has 0 spiro atoms. The van der Waals surface area contributed by atoms with Crippen LogP contribution >= 0.6 is 0 Å². The Morgan fingerprint density at radius 2 is 2.15 bits per heavy atom. The van der Waals surface area contributed by atoms with Crippen LogP contribution in [0.3, 0.4) is 0 Å². The average molecular weight is 279 g/mol. The van der Waals surface area contributed by atoms with Gasteiger partial charge < -0.3 is 14.5 Å². The van der Waals surface area contributed by atoms with Crippen molar-refractivity contribution in [2.24, 2.45) is 0 Å². The first-order valence-electron chi connectivity index (χ1n) is 7.24. The van der Waals surface area contributed by atoms with E-state index >= 15 is 0 Å².